The number of ether oxygens (including phenoxy) is 1. The first-order valence-electron chi connectivity index (χ1n) is 5.07. The highest BCUT2D eigenvalue weighted by molar-refractivity contribution is 5.90. The van der Waals surface area contributed by atoms with Gasteiger partial charge >= 0.3 is 0 Å². The quantitative estimate of drug-likeness (QED) is 0.550. The van der Waals surface area contributed by atoms with E-state index in [9.17, 15) is 9.59 Å². The predicted octanol–water partition coefficient (Wildman–Crippen LogP) is -1.59. The molecular weight excluding hydrogens is 198 g/mol. The van der Waals surface area contributed by atoms with Gasteiger partial charge in [0.1, 0.15) is 12.2 Å². The van der Waals surface area contributed by atoms with E-state index in [0.29, 0.717) is 26.1 Å². The second-order valence-corrected chi connectivity index (χ2v) is 3.88. The molecule has 0 aromatic carbocycles. The van der Waals surface area contributed by atoms with E-state index in [-0.39, 0.29) is 24.9 Å². The van der Waals surface area contributed by atoms with Crippen LogP contribution in [0.1, 0.15) is 12.8 Å². The first-order chi connectivity index (χ1) is 7.18. The SMILES string of the molecule is NCC(=O)N1CC(=O)NC12CCOCC2. The molecule has 0 atom stereocenters. The largest absolute Gasteiger partial charge is 0.381 e. The fraction of sp³-hybridized carbons (Fsp3) is 0.778. The topological polar surface area (TPSA) is 84.7 Å². The van der Waals surface area contributed by atoms with Gasteiger partial charge in [0.05, 0.1) is 19.8 Å². The Labute approximate surface area is 87.7 Å². The standard InChI is InChI=1S/C9H15N3O3/c10-5-8(14)12-6-7(13)11-9(12)1-3-15-4-2-9/h1-6,10H2,(H,11,13). The first-order valence-corrected chi connectivity index (χ1v) is 5.07. The number of rotatable bonds is 1. The summed E-state index contributed by atoms with van der Waals surface area (Å²) in [6, 6.07) is 0. The van der Waals surface area contributed by atoms with Crippen LogP contribution in [0.2, 0.25) is 0 Å². The third kappa shape index (κ3) is 1.70. The minimum Gasteiger partial charge on any atom is -0.381 e. The zero-order valence-electron chi connectivity index (χ0n) is 8.49. The van der Waals surface area contributed by atoms with Crippen molar-refractivity contribution in [3.8, 4) is 0 Å². The van der Waals surface area contributed by atoms with Crippen LogP contribution >= 0.6 is 0 Å². The molecular formula is C9H15N3O3. The lowest BCUT2D eigenvalue weighted by Crippen LogP contribution is -2.58. The number of amides is 2. The van der Waals surface area contributed by atoms with Gasteiger partial charge in [-0.1, -0.05) is 0 Å². The van der Waals surface area contributed by atoms with Crippen LogP contribution in [0.3, 0.4) is 0 Å². The molecule has 0 aromatic heterocycles. The molecule has 84 valence electrons. The van der Waals surface area contributed by atoms with Gasteiger partial charge in [-0.15, -0.1) is 0 Å². The smallest absolute Gasteiger partial charge is 0.241 e. The number of nitrogens with zero attached hydrogens (tertiary/aromatic N) is 1. The summed E-state index contributed by atoms with van der Waals surface area (Å²) in [7, 11) is 0. The Morgan fingerprint density at radius 1 is 1.53 bits per heavy atom. The van der Waals surface area contributed by atoms with Gasteiger partial charge in [-0.2, -0.15) is 0 Å². The van der Waals surface area contributed by atoms with Crippen LogP contribution in [0.4, 0.5) is 0 Å². The normalized spacial score (nSPS) is 24.3. The van der Waals surface area contributed by atoms with Crippen LogP contribution in [0.15, 0.2) is 0 Å². The summed E-state index contributed by atoms with van der Waals surface area (Å²) in [5, 5.41) is 2.87. The summed E-state index contributed by atoms with van der Waals surface area (Å²) in [6.45, 7) is 1.19. The lowest BCUT2D eigenvalue weighted by Gasteiger charge is -2.40. The maximum Gasteiger partial charge on any atom is 0.241 e. The monoisotopic (exact) mass is 213 g/mol. The molecule has 2 aliphatic rings. The van der Waals surface area contributed by atoms with Gasteiger partial charge in [0.2, 0.25) is 11.8 Å². The fourth-order valence-corrected chi connectivity index (χ4v) is 2.20. The van der Waals surface area contributed by atoms with Gasteiger partial charge in [0.25, 0.3) is 0 Å². The Morgan fingerprint density at radius 2 is 2.20 bits per heavy atom. The van der Waals surface area contributed by atoms with Crippen LogP contribution in [-0.4, -0.2) is 48.7 Å². The molecule has 6 heteroatoms. The molecule has 1 spiro atoms. The van der Waals surface area contributed by atoms with E-state index in [1.807, 2.05) is 0 Å². The van der Waals surface area contributed by atoms with Crippen molar-refractivity contribution in [2.24, 2.45) is 5.73 Å². The van der Waals surface area contributed by atoms with Crippen molar-refractivity contribution in [3.05, 3.63) is 0 Å². The maximum absolute atomic E-state index is 11.6. The number of hydrogen-bond acceptors (Lipinski definition) is 4. The highest BCUT2D eigenvalue weighted by Gasteiger charge is 2.47. The van der Waals surface area contributed by atoms with Crippen molar-refractivity contribution >= 4 is 11.8 Å². The second-order valence-electron chi connectivity index (χ2n) is 3.88. The summed E-state index contributed by atoms with van der Waals surface area (Å²) >= 11 is 0. The number of hydrogen-bond donors (Lipinski definition) is 2. The van der Waals surface area contributed by atoms with Crippen LogP contribution < -0.4 is 11.1 Å². The zero-order chi connectivity index (χ0) is 10.9. The van der Waals surface area contributed by atoms with Crippen LogP contribution in [-0.2, 0) is 14.3 Å². The summed E-state index contributed by atoms with van der Waals surface area (Å²) in [6.07, 6.45) is 1.29. The van der Waals surface area contributed by atoms with E-state index in [1.165, 1.54) is 0 Å². The van der Waals surface area contributed by atoms with Gasteiger partial charge in [-0.3, -0.25) is 9.59 Å². The van der Waals surface area contributed by atoms with E-state index in [1.54, 1.807) is 4.90 Å². The molecule has 15 heavy (non-hydrogen) atoms. The lowest BCUT2D eigenvalue weighted by atomic mass is 9.99. The van der Waals surface area contributed by atoms with Crippen LogP contribution in [0, 0.1) is 0 Å². The van der Waals surface area contributed by atoms with Gasteiger partial charge < -0.3 is 20.7 Å². The van der Waals surface area contributed by atoms with Crippen LogP contribution in [0.25, 0.3) is 0 Å². The average Bonchev–Trinajstić information content (AvgIpc) is 2.55. The molecule has 0 bridgehead atoms. The Kier molecular flexibility index (Phi) is 2.62. The third-order valence-electron chi connectivity index (χ3n) is 2.99. The third-order valence-corrected chi connectivity index (χ3v) is 2.99. The Morgan fingerprint density at radius 3 is 2.80 bits per heavy atom. The van der Waals surface area contributed by atoms with Gasteiger partial charge in [-0.05, 0) is 0 Å². The number of nitrogens with two attached hydrogens (primary N) is 1. The molecule has 0 unspecified atom stereocenters. The molecule has 2 heterocycles. The molecule has 0 radical (unpaired) electrons. The van der Waals surface area contributed by atoms with Crippen molar-refractivity contribution < 1.29 is 14.3 Å². The number of carbonyl (C=O) groups excluding carboxylic acids is 2. The van der Waals surface area contributed by atoms with E-state index < -0.39 is 5.66 Å². The predicted molar refractivity (Wildman–Crippen MR) is 51.7 cm³/mol. The van der Waals surface area contributed by atoms with Crippen LogP contribution in [0.5, 0.6) is 0 Å². The molecule has 2 amide bonds. The van der Waals surface area contributed by atoms with E-state index in [2.05, 4.69) is 5.32 Å². The highest BCUT2D eigenvalue weighted by Crippen LogP contribution is 2.28. The average molecular weight is 213 g/mol. The van der Waals surface area contributed by atoms with Crippen molar-refractivity contribution in [3.63, 3.8) is 0 Å². The van der Waals surface area contributed by atoms with E-state index in [4.69, 9.17) is 10.5 Å². The Bertz CT molecular complexity index is 286. The maximum atomic E-state index is 11.6. The van der Waals surface area contributed by atoms with Crippen molar-refractivity contribution in [1.82, 2.24) is 10.2 Å². The number of nitrogens with one attached hydrogen (secondary N) is 1. The summed E-state index contributed by atoms with van der Waals surface area (Å²) in [5.74, 6) is -0.297. The number of carbonyl (C=O) groups is 2. The molecule has 2 rings (SSSR count). The summed E-state index contributed by atoms with van der Waals surface area (Å²) < 4.78 is 5.23. The molecule has 2 aliphatic heterocycles. The molecule has 3 N–H and O–H groups in total. The highest BCUT2D eigenvalue weighted by atomic mass is 16.5. The van der Waals surface area contributed by atoms with Gasteiger partial charge in [0, 0.05) is 12.8 Å². The fourth-order valence-electron chi connectivity index (χ4n) is 2.20. The van der Waals surface area contributed by atoms with Crippen molar-refractivity contribution in [2.75, 3.05) is 26.3 Å². The second kappa shape index (κ2) is 3.79. The van der Waals surface area contributed by atoms with Gasteiger partial charge in [0.15, 0.2) is 0 Å². The van der Waals surface area contributed by atoms with E-state index >= 15 is 0 Å². The minimum absolute atomic E-state index is 0.0580. The zero-order valence-corrected chi connectivity index (χ0v) is 8.49. The molecule has 6 nitrogen and oxygen atoms in total. The summed E-state index contributed by atoms with van der Waals surface area (Å²) in [4.78, 5) is 24.5. The van der Waals surface area contributed by atoms with Crippen molar-refractivity contribution in [1.29, 1.82) is 0 Å². The summed E-state index contributed by atoms with van der Waals surface area (Å²) in [5.41, 5.74) is 4.79. The molecule has 2 fully saturated rings. The molecule has 2 saturated heterocycles. The van der Waals surface area contributed by atoms with Crippen molar-refractivity contribution in [2.45, 2.75) is 18.5 Å². The lowest BCUT2D eigenvalue weighted by molar-refractivity contribution is -0.138. The Balaban J connectivity index is 2.19. The van der Waals surface area contributed by atoms with Gasteiger partial charge in [-0.25, -0.2) is 0 Å². The van der Waals surface area contributed by atoms with E-state index in [0.717, 1.165) is 0 Å². The first kappa shape index (κ1) is 10.4. The molecule has 0 saturated carbocycles. The Hall–Kier alpha value is -1.14. The minimum atomic E-state index is -0.536. The molecule has 0 aliphatic carbocycles. The molecule has 0 aromatic rings.